The lowest BCUT2D eigenvalue weighted by Crippen LogP contribution is -2.46. The molecule has 0 aromatic heterocycles. The van der Waals surface area contributed by atoms with Crippen LogP contribution < -0.4 is 0 Å². The monoisotopic (exact) mass is 245 g/mol. The second-order valence-electron chi connectivity index (χ2n) is 7.70. The topological polar surface area (TPSA) is 17.1 Å². The van der Waals surface area contributed by atoms with Gasteiger partial charge in [-0.05, 0) is 62.3 Å². The normalized spacial score (nSPS) is 15.1. The zero-order valence-corrected chi connectivity index (χ0v) is 13.7. The number of hydrogen-bond donors (Lipinski definition) is 0. The Labute approximate surface area is 103 Å². The zero-order valence-electron chi connectivity index (χ0n) is 12.9. The van der Waals surface area contributed by atoms with Crippen molar-refractivity contribution in [2.45, 2.75) is 84.7 Å². The van der Waals surface area contributed by atoms with E-state index in [1.807, 2.05) is 0 Å². The summed E-state index contributed by atoms with van der Waals surface area (Å²) in [6, 6.07) is 0. The second-order valence-corrected chi connectivity index (χ2v) is 13.7. The molecule has 0 rings (SSSR count). The van der Waals surface area contributed by atoms with Crippen molar-refractivity contribution in [3.63, 3.8) is 0 Å². The Balaban J connectivity index is 6.17. The molecule has 0 amide bonds. The van der Waals surface area contributed by atoms with E-state index in [9.17, 15) is 4.79 Å². The summed E-state index contributed by atoms with van der Waals surface area (Å²) >= 11 is 0. The van der Waals surface area contributed by atoms with Crippen LogP contribution in [0.1, 0.15) is 69.2 Å². The Morgan fingerprint density at radius 3 is 0.875 bits per heavy atom. The highest BCUT2D eigenvalue weighted by Gasteiger charge is 2.68. The predicted molar refractivity (Wildman–Crippen MR) is 76.9 cm³/mol. The Hall–Kier alpha value is 0.100. The smallest absolute Gasteiger partial charge is 0.253 e. The van der Waals surface area contributed by atoms with E-state index >= 15 is 0 Å². The highest BCUT2D eigenvalue weighted by atomic mass is 31.2. The summed E-state index contributed by atoms with van der Waals surface area (Å²) in [6.07, 6.45) is 0. The molecule has 0 aromatic rings. The van der Waals surface area contributed by atoms with Gasteiger partial charge >= 0.3 is 0 Å². The molecule has 0 saturated heterocycles. The van der Waals surface area contributed by atoms with Crippen LogP contribution in [0.15, 0.2) is 0 Å². The fourth-order valence-electron chi connectivity index (χ4n) is 4.44. The minimum Gasteiger partial charge on any atom is -0.253 e. The minimum absolute atomic E-state index is 0.0648. The molecule has 0 heterocycles. The van der Waals surface area contributed by atoms with E-state index in [0.29, 0.717) is 5.52 Å². The lowest BCUT2D eigenvalue weighted by atomic mass is 10.2. The summed E-state index contributed by atoms with van der Waals surface area (Å²) in [7, 11) is -1.76. The number of carbonyl (C=O) groups is 1. The lowest BCUT2D eigenvalue weighted by molar-refractivity contribution is -0.110. The van der Waals surface area contributed by atoms with Gasteiger partial charge in [0.25, 0.3) is 5.52 Å². The average Bonchev–Trinajstić information content (AvgIpc) is 1.71. The van der Waals surface area contributed by atoms with E-state index in [4.69, 9.17) is 0 Å². The van der Waals surface area contributed by atoms with Crippen LogP contribution >= 0.6 is 7.26 Å². The molecule has 0 bridgehead atoms. The summed E-state index contributed by atoms with van der Waals surface area (Å²) in [6.45, 7) is 21.9. The van der Waals surface area contributed by atoms with Crippen LogP contribution in [-0.4, -0.2) is 21.0 Å². The summed E-state index contributed by atoms with van der Waals surface area (Å²) < 4.78 is 0. The number of rotatable bonds is 1. The first-order valence-corrected chi connectivity index (χ1v) is 7.89. The summed E-state index contributed by atoms with van der Waals surface area (Å²) in [5.74, 6) is 0. The molecule has 2 heteroatoms. The van der Waals surface area contributed by atoms with Gasteiger partial charge in [0.1, 0.15) is 0 Å². The largest absolute Gasteiger partial charge is 0.266 e. The van der Waals surface area contributed by atoms with Crippen LogP contribution in [-0.2, 0) is 4.79 Å². The highest BCUT2D eigenvalue weighted by molar-refractivity contribution is 7.94. The molecule has 0 fully saturated rings. The average molecular weight is 245 g/mol. The van der Waals surface area contributed by atoms with Gasteiger partial charge in [0.05, 0.1) is 22.7 Å². The van der Waals surface area contributed by atoms with Gasteiger partial charge in [0.2, 0.25) is 0 Å². The lowest BCUT2D eigenvalue weighted by Gasteiger charge is -2.51. The van der Waals surface area contributed by atoms with Gasteiger partial charge in [0, 0.05) is 6.92 Å². The third-order valence-electron chi connectivity index (χ3n) is 3.49. The van der Waals surface area contributed by atoms with Gasteiger partial charge in [-0.3, -0.25) is 4.79 Å². The predicted octanol–water partition coefficient (Wildman–Crippen LogP) is 4.95. The quantitative estimate of drug-likeness (QED) is 0.598. The second kappa shape index (κ2) is 4.09. The Bertz CT molecular complexity index is 235. The molecule has 0 aromatic carbocycles. The molecule has 96 valence electrons. The fourth-order valence-corrected chi connectivity index (χ4v) is 13.3. The van der Waals surface area contributed by atoms with Crippen LogP contribution in [0.4, 0.5) is 0 Å². The molecule has 0 aliphatic heterocycles. The maximum absolute atomic E-state index is 12.5. The number of hydrogen-bond acceptors (Lipinski definition) is 1. The maximum atomic E-state index is 12.5. The van der Waals surface area contributed by atoms with E-state index in [2.05, 4.69) is 62.3 Å². The van der Waals surface area contributed by atoms with Gasteiger partial charge in [-0.1, -0.05) is 0 Å². The van der Waals surface area contributed by atoms with Crippen molar-refractivity contribution in [3.8, 4) is 0 Å². The van der Waals surface area contributed by atoms with Crippen LogP contribution in [0.2, 0.25) is 0 Å². The van der Waals surface area contributed by atoms with Crippen LogP contribution in [0.3, 0.4) is 0 Å². The van der Waals surface area contributed by atoms with E-state index in [0.717, 1.165) is 0 Å². The standard InChI is InChI=1S/C14H30OP/c1-11(15)16(12(2,3)4,13(5,6)7)14(8,9)10/h1-10H3/q+1. The van der Waals surface area contributed by atoms with E-state index in [1.165, 1.54) is 0 Å². The fraction of sp³-hybridized carbons (Fsp3) is 0.929. The Kier molecular flexibility index (Phi) is 4.11. The summed E-state index contributed by atoms with van der Waals surface area (Å²) in [4.78, 5) is 12.5. The molecule has 0 aliphatic rings. The van der Waals surface area contributed by atoms with E-state index in [-0.39, 0.29) is 15.5 Å². The van der Waals surface area contributed by atoms with Gasteiger partial charge in [-0.2, -0.15) is 0 Å². The SMILES string of the molecule is CC(=O)[P+](C(C)(C)C)(C(C)(C)C)C(C)(C)C. The minimum atomic E-state index is -1.76. The van der Waals surface area contributed by atoms with Crippen LogP contribution in [0.5, 0.6) is 0 Å². The van der Waals surface area contributed by atoms with Crippen molar-refractivity contribution in [3.05, 3.63) is 0 Å². The van der Waals surface area contributed by atoms with Crippen molar-refractivity contribution >= 4 is 12.8 Å². The maximum Gasteiger partial charge on any atom is 0.266 e. The molecular weight excluding hydrogens is 215 g/mol. The van der Waals surface area contributed by atoms with Crippen molar-refractivity contribution in [2.75, 3.05) is 0 Å². The van der Waals surface area contributed by atoms with Crippen LogP contribution in [0, 0.1) is 0 Å². The third kappa shape index (κ3) is 2.21. The molecular formula is C14H30OP+. The van der Waals surface area contributed by atoms with Crippen molar-refractivity contribution in [1.29, 1.82) is 0 Å². The van der Waals surface area contributed by atoms with Crippen molar-refractivity contribution < 1.29 is 4.79 Å². The summed E-state index contributed by atoms with van der Waals surface area (Å²) in [5, 5.41) is 0.194. The van der Waals surface area contributed by atoms with Crippen LogP contribution in [0.25, 0.3) is 0 Å². The molecule has 0 aliphatic carbocycles. The van der Waals surface area contributed by atoms with Crippen molar-refractivity contribution in [2.24, 2.45) is 0 Å². The first-order valence-electron chi connectivity index (χ1n) is 6.10. The highest BCUT2D eigenvalue weighted by Crippen LogP contribution is 2.83. The molecule has 0 N–H and O–H groups in total. The van der Waals surface area contributed by atoms with E-state index in [1.54, 1.807) is 6.92 Å². The first kappa shape index (κ1) is 16.1. The molecule has 0 saturated carbocycles. The van der Waals surface area contributed by atoms with Crippen molar-refractivity contribution in [1.82, 2.24) is 0 Å². The van der Waals surface area contributed by atoms with Gasteiger partial charge in [0.15, 0.2) is 0 Å². The molecule has 0 radical (unpaired) electrons. The van der Waals surface area contributed by atoms with E-state index < -0.39 is 7.26 Å². The van der Waals surface area contributed by atoms with Gasteiger partial charge in [-0.25, -0.2) is 0 Å². The summed E-state index contributed by atoms with van der Waals surface area (Å²) in [5.41, 5.74) is 0.417. The zero-order chi connectivity index (χ0) is 13.6. The first-order chi connectivity index (χ1) is 6.69. The Morgan fingerprint density at radius 2 is 0.875 bits per heavy atom. The molecule has 1 nitrogen and oxygen atoms in total. The third-order valence-corrected chi connectivity index (χ3v) is 10.5. The Morgan fingerprint density at radius 1 is 0.688 bits per heavy atom. The molecule has 16 heavy (non-hydrogen) atoms. The molecule has 0 unspecified atom stereocenters. The van der Waals surface area contributed by atoms with Gasteiger partial charge in [-0.15, -0.1) is 0 Å². The molecule has 0 atom stereocenters. The molecule has 0 spiro atoms. The van der Waals surface area contributed by atoms with Gasteiger partial charge < -0.3 is 0 Å². The number of carbonyl (C=O) groups excluding carboxylic acids is 1.